The van der Waals surface area contributed by atoms with E-state index in [0.717, 1.165) is 28.1 Å². The van der Waals surface area contributed by atoms with Crippen LogP contribution in [0.15, 0.2) is 85.2 Å². The molecule has 5 rings (SSSR count). The predicted octanol–water partition coefficient (Wildman–Crippen LogP) is 4.33. The van der Waals surface area contributed by atoms with Crippen LogP contribution in [-0.2, 0) is 19.6 Å². The van der Waals surface area contributed by atoms with Crippen LogP contribution in [0.2, 0.25) is 0 Å². The van der Waals surface area contributed by atoms with E-state index in [1.807, 2.05) is 84.3 Å². The highest BCUT2D eigenvalue weighted by Crippen LogP contribution is 2.30. The number of para-hydroxylation sites is 1. The minimum atomic E-state index is -0.152. The van der Waals surface area contributed by atoms with Crippen LogP contribution in [0.4, 0.5) is 5.69 Å². The number of benzene rings is 2. The first-order chi connectivity index (χ1) is 16.1. The number of fused-ring (bicyclic) bond motifs is 2. The Kier molecular flexibility index (Phi) is 5.48. The van der Waals surface area contributed by atoms with Gasteiger partial charge in [-0.15, -0.1) is 0 Å². The third-order valence-electron chi connectivity index (χ3n) is 5.95. The lowest BCUT2D eigenvalue weighted by Crippen LogP contribution is -2.30. The highest BCUT2D eigenvalue weighted by molar-refractivity contribution is 6.06. The maximum Gasteiger partial charge on any atom is 0.268 e. The Morgan fingerprint density at radius 3 is 2.55 bits per heavy atom. The predicted molar refractivity (Wildman–Crippen MR) is 127 cm³/mol. The quantitative estimate of drug-likeness (QED) is 0.518. The average molecular weight is 437 g/mol. The normalized spacial score (nSPS) is 12.5. The van der Waals surface area contributed by atoms with E-state index in [4.69, 9.17) is 0 Å². The van der Waals surface area contributed by atoms with E-state index in [-0.39, 0.29) is 11.8 Å². The van der Waals surface area contributed by atoms with Gasteiger partial charge >= 0.3 is 0 Å². The molecule has 0 atom stereocenters. The minimum absolute atomic E-state index is 0.0559. The van der Waals surface area contributed by atoms with E-state index >= 15 is 0 Å². The van der Waals surface area contributed by atoms with Gasteiger partial charge in [-0.25, -0.2) is 0 Å². The van der Waals surface area contributed by atoms with E-state index in [0.29, 0.717) is 30.9 Å². The number of hydrogen-bond acceptors (Lipinski definition) is 3. The van der Waals surface area contributed by atoms with Crippen molar-refractivity contribution in [2.24, 2.45) is 0 Å². The smallest absolute Gasteiger partial charge is 0.268 e. The SMILES string of the molecule is Cc1ccc(C(=O)N2Cc3ccc(C(=O)NCc4cccnc4)n3Cc3ccccc32)cc1. The second kappa shape index (κ2) is 8.74. The number of aryl methyl sites for hydroxylation is 1. The summed E-state index contributed by atoms with van der Waals surface area (Å²) in [6, 6.07) is 23.0. The van der Waals surface area contributed by atoms with E-state index in [2.05, 4.69) is 10.3 Å². The van der Waals surface area contributed by atoms with E-state index in [1.165, 1.54) is 0 Å². The second-order valence-corrected chi connectivity index (χ2v) is 8.23. The molecule has 164 valence electrons. The molecule has 0 radical (unpaired) electrons. The Morgan fingerprint density at radius 1 is 0.939 bits per heavy atom. The highest BCUT2D eigenvalue weighted by atomic mass is 16.2. The van der Waals surface area contributed by atoms with Gasteiger partial charge in [-0.05, 0) is 54.4 Å². The third-order valence-corrected chi connectivity index (χ3v) is 5.95. The first kappa shape index (κ1) is 20.7. The maximum absolute atomic E-state index is 13.5. The van der Waals surface area contributed by atoms with Crippen molar-refractivity contribution in [3.63, 3.8) is 0 Å². The molecule has 0 saturated heterocycles. The third kappa shape index (κ3) is 4.15. The number of pyridine rings is 1. The lowest BCUT2D eigenvalue weighted by atomic mass is 10.1. The van der Waals surface area contributed by atoms with Crippen LogP contribution in [0.3, 0.4) is 0 Å². The Hall–Kier alpha value is -4.19. The summed E-state index contributed by atoms with van der Waals surface area (Å²) in [4.78, 5) is 32.4. The Balaban J connectivity index is 1.46. The van der Waals surface area contributed by atoms with E-state index in [9.17, 15) is 9.59 Å². The van der Waals surface area contributed by atoms with Gasteiger partial charge in [-0.3, -0.25) is 14.6 Å². The van der Waals surface area contributed by atoms with Gasteiger partial charge in [-0.2, -0.15) is 0 Å². The molecule has 6 heteroatoms. The van der Waals surface area contributed by atoms with Crippen molar-refractivity contribution in [2.75, 3.05) is 4.90 Å². The van der Waals surface area contributed by atoms with Crippen molar-refractivity contribution >= 4 is 17.5 Å². The van der Waals surface area contributed by atoms with Crippen molar-refractivity contribution in [1.82, 2.24) is 14.9 Å². The molecule has 6 nitrogen and oxygen atoms in total. The van der Waals surface area contributed by atoms with Crippen LogP contribution in [-0.4, -0.2) is 21.4 Å². The molecule has 33 heavy (non-hydrogen) atoms. The van der Waals surface area contributed by atoms with Gasteiger partial charge < -0.3 is 14.8 Å². The Morgan fingerprint density at radius 2 is 1.76 bits per heavy atom. The van der Waals surface area contributed by atoms with Gasteiger partial charge in [0.25, 0.3) is 11.8 Å². The molecule has 0 fully saturated rings. The zero-order valence-corrected chi connectivity index (χ0v) is 18.4. The van der Waals surface area contributed by atoms with Crippen LogP contribution < -0.4 is 10.2 Å². The number of nitrogens with zero attached hydrogens (tertiary/aromatic N) is 3. The zero-order valence-electron chi connectivity index (χ0n) is 18.4. The number of amides is 2. The van der Waals surface area contributed by atoms with Crippen LogP contribution in [0.5, 0.6) is 0 Å². The largest absolute Gasteiger partial charge is 0.347 e. The molecule has 2 aromatic carbocycles. The summed E-state index contributed by atoms with van der Waals surface area (Å²) in [5.41, 5.74) is 6.05. The van der Waals surface area contributed by atoms with Gasteiger partial charge in [0, 0.05) is 35.9 Å². The maximum atomic E-state index is 13.5. The molecule has 0 bridgehead atoms. The molecule has 4 aromatic rings. The minimum Gasteiger partial charge on any atom is -0.347 e. The Labute approximate surface area is 192 Å². The lowest BCUT2D eigenvalue weighted by Gasteiger charge is -2.22. The van der Waals surface area contributed by atoms with E-state index < -0.39 is 0 Å². The standard InChI is InChI=1S/C27H24N4O2/c1-19-8-10-21(11-9-19)27(33)31-18-23-12-13-25(26(32)29-16-20-5-4-14-28-15-20)30(23)17-22-6-2-3-7-24(22)31/h2-15H,16-18H2,1H3,(H,29,32). The number of anilines is 1. The van der Waals surface area contributed by atoms with Crippen molar-refractivity contribution < 1.29 is 9.59 Å². The summed E-state index contributed by atoms with van der Waals surface area (Å²) in [5.74, 6) is -0.208. The molecule has 2 amide bonds. The molecule has 1 aliphatic heterocycles. The van der Waals surface area contributed by atoms with Crippen LogP contribution in [0, 0.1) is 6.92 Å². The van der Waals surface area contributed by atoms with Crippen molar-refractivity contribution in [2.45, 2.75) is 26.6 Å². The fraction of sp³-hybridized carbons (Fsp3) is 0.148. The molecule has 0 spiro atoms. The molecular weight excluding hydrogens is 412 g/mol. The molecule has 0 unspecified atom stereocenters. The molecule has 3 heterocycles. The van der Waals surface area contributed by atoms with Gasteiger partial charge in [0.15, 0.2) is 0 Å². The molecule has 1 aliphatic rings. The summed E-state index contributed by atoms with van der Waals surface area (Å²) in [7, 11) is 0. The van der Waals surface area contributed by atoms with Crippen molar-refractivity contribution in [1.29, 1.82) is 0 Å². The second-order valence-electron chi connectivity index (χ2n) is 8.23. The molecule has 2 aromatic heterocycles. The number of carbonyl (C=O) groups excluding carboxylic acids is 2. The monoisotopic (exact) mass is 436 g/mol. The average Bonchev–Trinajstić information content (AvgIpc) is 3.16. The highest BCUT2D eigenvalue weighted by Gasteiger charge is 2.27. The number of rotatable bonds is 4. The number of carbonyl (C=O) groups is 2. The molecule has 0 aliphatic carbocycles. The van der Waals surface area contributed by atoms with Crippen LogP contribution >= 0.6 is 0 Å². The Bertz CT molecular complexity index is 1310. The summed E-state index contributed by atoms with van der Waals surface area (Å²) in [5, 5.41) is 2.98. The molecule has 0 saturated carbocycles. The topological polar surface area (TPSA) is 67.2 Å². The number of aromatic nitrogens is 2. The van der Waals surface area contributed by atoms with Gasteiger partial charge in [-0.1, -0.05) is 42.0 Å². The fourth-order valence-electron chi connectivity index (χ4n) is 4.17. The summed E-state index contributed by atoms with van der Waals surface area (Å²) < 4.78 is 2.00. The molecule has 1 N–H and O–H groups in total. The molecular formula is C27H24N4O2. The summed E-state index contributed by atoms with van der Waals surface area (Å²) in [6.07, 6.45) is 3.45. The van der Waals surface area contributed by atoms with Gasteiger partial charge in [0.1, 0.15) is 5.69 Å². The van der Waals surface area contributed by atoms with Crippen molar-refractivity contribution in [3.8, 4) is 0 Å². The fourth-order valence-corrected chi connectivity index (χ4v) is 4.17. The summed E-state index contributed by atoms with van der Waals surface area (Å²) in [6.45, 7) is 3.32. The van der Waals surface area contributed by atoms with Crippen LogP contribution in [0.25, 0.3) is 0 Å². The zero-order chi connectivity index (χ0) is 22.8. The van der Waals surface area contributed by atoms with Crippen LogP contribution in [0.1, 0.15) is 43.2 Å². The lowest BCUT2D eigenvalue weighted by molar-refractivity contribution is 0.0941. The summed E-state index contributed by atoms with van der Waals surface area (Å²) >= 11 is 0. The van der Waals surface area contributed by atoms with E-state index in [1.54, 1.807) is 17.3 Å². The first-order valence-corrected chi connectivity index (χ1v) is 10.9. The number of nitrogens with one attached hydrogen (secondary N) is 1. The number of hydrogen-bond donors (Lipinski definition) is 1. The first-order valence-electron chi connectivity index (χ1n) is 10.9. The van der Waals surface area contributed by atoms with Gasteiger partial charge in [0.05, 0.1) is 13.1 Å². The van der Waals surface area contributed by atoms with Gasteiger partial charge in [0.2, 0.25) is 0 Å². The van der Waals surface area contributed by atoms with Crippen molar-refractivity contribution in [3.05, 3.63) is 119 Å².